The first kappa shape index (κ1) is 14.6. The van der Waals surface area contributed by atoms with Crippen LogP contribution in [0, 0.1) is 5.82 Å². The van der Waals surface area contributed by atoms with Crippen LogP contribution in [0.5, 0.6) is 0 Å². The van der Waals surface area contributed by atoms with Crippen molar-refractivity contribution in [2.45, 2.75) is 38.5 Å². The van der Waals surface area contributed by atoms with Gasteiger partial charge in [-0.3, -0.25) is 4.79 Å². The van der Waals surface area contributed by atoms with Gasteiger partial charge < -0.3 is 16.2 Å². The maximum Gasteiger partial charge on any atom is 0.236 e. The number of halogens is 1. The SMILES string of the molecule is CC(CC(O)c1ccc(F)cc1)NC(=O)[C@H](C)N. The molecule has 0 aliphatic carbocycles. The summed E-state index contributed by atoms with van der Waals surface area (Å²) in [5, 5.41) is 12.6. The van der Waals surface area contributed by atoms with Gasteiger partial charge in [-0.15, -0.1) is 0 Å². The zero-order valence-corrected chi connectivity index (χ0v) is 10.6. The van der Waals surface area contributed by atoms with Crippen LogP contribution < -0.4 is 11.1 Å². The number of rotatable bonds is 5. The van der Waals surface area contributed by atoms with Crippen molar-refractivity contribution in [2.75, 3.05) is 0 Å². The third-order valence-corrected chi connectivity index (χ3v) is 2.63. The average molecular weight is 254 g/mol. The Hall–Kier alpha value is -1.46. The number of hydrogen-bond donors (Lipinski definition) is 3. The molecule has 0 fully saturated rings. The van der Waals surface area contributed by atoms with Crippen LogP contribution >= 0.6 is 0 Å². The highest BCUT2D eigenvalue weighted by Gasteiger charge is 2.16. The number of hydrogen-bond acceptors (Lipinski definition) is 3. The molecule has 0 bridgehead atoms. The molecule has 0 aliphatic heterocycles. The number of nitrogens with one attached hydrogen (secondary N) is 1. The molecule has 0 saturated carbocycles. The molecule has 4 N–H and O–H groups in total. The molecule has 4 nitrogen and oxygen atoms in total. The summed E-state index contributed by atoms with van der Waals surface area (Å²) in [4.78, 5) is 11.3. The highest BCUT2D eigenvalue weighted by Crippen LogP contribution is 2.18. The Morgan fingerprint density at radius 2 is 1.94 bits per heavy atom. The van der Waals surface area contributed by atoms with Crippen LogP contribution in [0.4, 0.5) is 4.39 Å². The smallest absolute Gasteiger partial charge is 0.236 e. The van der Waals surface area contributed by atoms with Crippen molar-refractivity contribution in [2.24, 2.45) is 5.73 Å². The van der Waals surface area contributed by atoms with Crippen molar-refractivity contribution in [3.8, 4) is 0 Å². The summed E-state index contributed by atoms with van der Waals surface area (Å²) in [5.41, 5.74) is 6.05. The van der Waals surface area contributed by atoms with E-state index in [1.165, 1.54) is 24.3 Å². The molecule has 0 spiro atoms. The number of nitrogens with two attached hydrogens (primary N) is 1. The van der Waals surface area contributed by atoms with Crippen LogP contribution in [-0.4, -0.2) is 23.1 Å². The molecule has 18 heavy (non-hydrogen) atoms. The Balaban J connectivity index is 2.51. The summed E-state index contributed by atoms with van der Waals surface area (Å²) in [6.07, 6.45) is -0.390. The number of amides is 1. The number of carbonyl (C=O) groups is 1. The first-order valence-electron chi connectivity index (χ1n) is 5.89. The molecule has 2 unspecified atom stereocenters. The van der Waals surface area contributed by atoms with Crippen LogP contribution in [0.1, 0.15) is 31.9 Å². The van der Waals surface area contributed by atoms with Crippen molar-refractivity contribution in [3.63, 3.8) is 0 Å². The lowest BCUT2D eigenvalue weighted by molar-refractivity contribution is -0.122. The molecular weight excluding hydrogens is 235 g/mol. The average Bonchev–Trinajstić information content (AvgIpc) is 2.29. The van der Waals surface area contributed by atoms with Gasteiger partial charge >= 0.3 is 0 Å². The second kappa shape index (κ2) is 6.47. The Kier molecular flexibility index (Phi) is 5.25. The Bertz CT molecular complexity index is 392. The Morgan fingerprint density at radius 3 is 2.44 bits per heavy atom. The molecule has 0 heterocycles. The largest absolute Gasteiger partial charge is 0.388 e. The molecule has 3 atom stereocenters. The molecule has 1 aromatic rings. The third-order valence-electron chi connectivity index (χ3n) is 2.63. The summed E-state index contributed by atoms with van der Waals surface area (Å²) < 4.78 is 12.7. The minimum atomic E-state index is -0.742. The molecule has 5 heteroatoms. The fraction of sp³-hybridized carbons (Fsp3) is 0.462. The highest BCUT2D eigenvalue weighted by atomic mass is 19.1. The number of benzene rings is 1. The quantitative estimate of drug-likeness (QED) is 0.736. The zero-order chi connectivity index (χ0) is 13.7. The van der Waals surface area contributed by atoms with Gasteiger partial charge in [-0.05, 0) is 38.0 Å². The summed E-state index contributed by atoms with van der Waals surface area (Å²) in [7, 11) is 0. The van der Waals surface area contributed by atoms with E-state index in [1.807, 2.05) is 0 Å². The minimum absolute atomic E-state index is 0.205. The summed E-state index contributed by atoms with van der Waals surface area (Å²) in [5.74, 6) is -0.599. The van der Waals surface area contributed by atoms with E-state index in [0.717, 1.165) is 0 Å². The van der Waals surface area contributed by atoms with E-state index < -0.39 is 12.1 Å². The van der Waals surface area contributed by atoms with Gasteiger partial charge in [0.05, 0.1) is 12.1 Å². The fourth-order valence-electron chi connectivity index (χ4n) is 1.59. The van der Waals surface area contributed by atoms with Gasteiger partial charge in [0.2, 0.25) is 5.91 Å². The maximum absolute atomic E-state index is 12.7. The van der Waals surface area contributed by atoms with E-state index in [2.05, 4.69) is 5.32 Å². The van der Waals surface area contributed by atoms with Crippen molar-refractivity contribution in [1.29, 1.82) is 0 Å². The second-order valence-electron chi connectivity index (χ2n) is 4.50. The van der Waals surface area contributed by atoms with Gasteiger partial charge in [0, 0.05) is 6.04 Å². The second-order valence-corrected chi connectivity index (χ2v) is 4.50. The van der Waals surface area contributed by atoms with Gasteiger partial charge in [0.15, 0.2) is 0 Å². The normalized spacial score (nSPS) is 15.8. The summed E-state index contributed by atoms with van der Waals surface area (Å²) in [6.45, 7) is 3.38. The number of aliphatic hydroxyl groups is 1. The van der Waals surface area contributed by atoms with Crippen LogP contribution in [0.2, 0.25) is 0 Å². The van der Waals surface area contributed by atoms with Crippen molar-refractivity contribution in [1.82, 2.24) is 5.32 Å². The lowest BCUT2D eigenvalue weighted by Crippen LogP contribution is -2.43. The molecule has 0 radical (unpaired) electrons. The van der Waals surface area contributed by atoms with Crippen LogP contribution in [0.3, 0.4) is 0 Å². The predicted octanol–water partition coefficient (Wildman–Crippen LogP) is 1.10. The van der Waals surface area contributed by atoms with Gasteiger partial charge in [-0.25, -0.2) is 4.39 Å². The predicted molar refractivity (Wildman–Crippen MR) is 67.2 cm³/mol. The lowest BCUT2D eigenvalue weighted by Gasteiger charge is -2.19. The molecule has 0 aromatic heterocycles. The molecule has 100 valence electrons. The zero-order valence-electron chi connectivity index (χ0n) is 10.6. The van der Waals surface area contributed by atoms with Crippen LogP contribution in [0.25, 0.3) is 0 Å². The molecular formula is C13H19FN2O2. The first-order chi connectivity index (χ1) is 8.40. The molecule has 1 aromatic carbocycles. The number of aliphatic hydroxyl groups excluding tert-OH is 1. The van der Waals surface area contributed by atoms with Crippen molar-refractivity contribution in [3.05, 3.63) is 35.6 Å². The van der Waals surface area contributed by atoms with E-state index >= 15 is 0 Å². The van der Waals surface area contributed by atoms with Gasteiger partial charge in [-0.1, -0.05) is 12.1 Å². The molecule has 1 amide bonds. The Morgan fingerprint density at radius 1 is 1.39 bits per heavy atom. The van der Waals surface area contributed by atoms with E-state index in [4.69, 9.17) is 5.73 Å². The van der Waals surface area contributed by atoms with E-state index in [0.29, 0.717) is 12.0 Å². The van der Waals surface area contributed by atoms with E-state index in [1.54, 1.807) is 13.8 Å². The van der Waals surface area contributed by atoms with Crippen LogP contribution in [-0.2, 0) is 4.79 Å². The standard InChI is InChI=1S/C13H19FN2O2/c1-8(16-13(18)9(2)15)7-12(17)10-3-5-11(14)6-4-10/h3-6,8-9,12,17H,7,15H2,1-2H3,(H,16,18)/t8?,9-,12?/m0/s1. The summed E-state index contributed by atoms with van der Waals surface area (Å²) >= 11 is 0. The molecule has 1 rings (SSSR count). The maximum atomic E-state index is 12.7. The molecule has 0 aliphatic rings. The topological polar surface area (TPSA) is 75.3 Å². The van der Waals surface area contributed by atoms with Crippen molar-refractivity contribution >= 4 is 5.91 Å². The third kappa shape index (κ3) is 4.43. The van der Waals surface area contributed by atoms with Crippen LogP contribution in [0.15, 0.2) is 24.3 Å². The van der Waals surface area contributed by atoms with E-state index in [-0.39, 0.29) is 17.8 Å². The van der Waals surface area contributed by atoms with Gasteiger partial charge in [0.25, 0.3) is 0 Å². The van der Waals surface area contributed by atoms with Gasteiger partial charge in [-0.2, -0.15) is 0 Å². The van der Waals surface area contributed by atoms with Gasteiger partial charge in [0.1, 0.15) is 5.82 Å². The fourth-order valence-corrected chi connectivity index (χ4v) is 1.59. The monoisotopic (exact) mass is 254 g/mol. The Labute approximate surface area is 106 Å². The number of carbonyl (C=O) groups excluding carboxylic acids is 1. The lowest BCUT2D eigenvalue weighted by atomic mass is 10.0. The van der Waals surface area contributed by atoms with E-state index in [9.17, 15) is 14.3 Å². The summed E-state index contributed by atoms with van der Waals surface area (Å²) in [6, 6.07) is 4.87. The minimum Gasteiger partial charge on any atom is -0.388 e. The highest BCUT2D eigenvalue weighted by molar-refractivity contribution is 5.81. The first-order valence-corrected chi connectivity index (χ1v) is 5.89. The molecule has 0 saturated heterocycles. The van der Waals surface area contributed by atoms with Crippen molar-refractivity contribution < 1.29 is 14.3 Å².